The van der Waals surface area contributed by atoms with Crippen molar-refractivity contribution in [2.24, 2.45) is 0 Å². The predicted molar refractivity (Wildman–Crippen MR) is 56.7 cm³/mol. The first kappa shape index (κ1) is 42.7. The summed E-state index contributed by atoms with van der Waals surface area (Å²) in [7, 11) is 0. The summed E-state index contributed by atoms with van der Waals surface area (Å²) in [6, 6.07) is 0. The second-order valence-electron chi connectivity index (χ2n) is 1.83. The molecule has 0 saturated heterocycles. The largest absolute Gasteiger partial charge is 0.473 e. The number of hydrogen-bond acceptors (Lipinski definition) is 6. The zero-order valence-corrected chi connectivity index (χ0v) is 13.0. The van der Waals surface area contributed by atoms with Crippen LogP contribution in [0.4, 0.5) is 0 Å². The van der Waals surface area contributed by atoms with E-state index < -0.39 is 35.8 Å². The number of carbonyl (C=O) groups is 6. The minimum absolute atomic E-state index is 0. The van der Waals surface area contributed by atoms with E-state index in [1.54, 1.807) is 0 Å². The molecule has 22 heavy (non-hydrogen) atoms. The zero-order chi connectivity index (χ0) is 15.5. The maximum Gasteiger partial charge on any atom is 0.414 e. The quantitative estimate of drug-likeness (QED) is 0.203. The van der Waals surface area contributed by atoms with Gasteiger partial charge in [0.25, 0.3) is 0 Å². The second-order valence-corrected chi connectivity index (χ2v) is 1.83. The monoisotopic (exact) mass is 413 g/mol. The molecule has 1 radical (unpaired) electrons. The van der Waals surface area contributed by atoms with Crippen LogP contribution in [0, 0.1) is 0 Å². The van der Waals surface area contributed by atoms with Crippen LogP contribution in [0.25, 0.3) is 0 Å². The van der Waals surface area contributed by atoms with Gasteiger partial charge in [-0.15, -0.1) is 0 Å². The van der Waals surface area contributed by atoms with Crippen molar-refractivity contribution in [2.75, 3.05) is 0 Å². The van der Waals surface area contributed by atoms with Crippen molar-refractivity contribution < 1.29 is 109 Å². The standard InChI is InChI=1S/3C2H2O4.3H2O.Y/c3*3-1(4)2(5)6;;;;/h3*(H,3,4)(H,5,6);3*1H2;. The SMILES string of the molecule is O.O.O.O=C(O)C(=O)O.O=C(O)C(=O)O.O=C(O)C(=O)O.[Y]. The molecule has 0 aromatic carbocycles. The van der Waals surface area contributed by atoms with E-state index in [4.69, 9.17) is 59.4 Å². The van der Waals surface area contributed by atoms with Gasteiger partial charge in [-0.2, -0.15) is 0 Å². The Morgan fingerprint density at radius 3 is 0.409 bits per heavy atom. The fraction of sp³-hybridized carbons (Fsp3) is 0. The van der Waals surface area contributed by atoms with E-state index in [1.165, 1.54) is 0 Å². The fourth-order valence-corrected chi connectivity index (χ4v) is 0. The van der Waals surface area contributed by atoms with Crippen LogP contribution in [0.15, 0.2) is 0 Å². The zero-order valence-electron chi connectivity index (χ0n) is 10.2. The molecule has 0 aromatic heterocycles. The molecule has 0 rings (SSSR count). The Morgan fingerprint density at radius 2 is 0.409 bits per heavy atom. The summed E-state index contributed by atoms with van der Waals surface area (Å²) in [4.78, 5) is 54.6. The number of aliphatic carboxylic acids is 6. The van der Waals surface area contributed by atoms with E-state index in [9.17, 15) is 0 Å². The predicted octanol–water partition coefficient (Wildman–Crippen LogP) is -5.01. The minimum atomic E-state index is -1.82. The van der Waals surface area contributed by atoms with Gasteiger partial charge in [0, 0.05) is 32.7 Å². The summed E-state index contributed by atoms with van der Waals surface area (Å²) in [5.41, 5.74) is 0. The van der Waals surface area contributed by atoms with Gasteiger partial charge in [-0.25, -0.2) is 28.8 Å². The number of carboxylic acid groups (broad SMARTS) is 6. The molecule has 0 spiro atoms. The van der Waals surface area contributed by atoms with E-state index in [0.717, 1.165) is 0 Å². The third-order valence-corrected chi connectivity index (χ3v) is 0.549. The smallest absolute Gasteiger partial charge is 0.414 e. The van der Waals surface area contributed by atoms with E-state index in [1.807, 2.05) is 0 Å². The van der Waals surface area contributed by atoms with Crippen molar-refractivity contribution in [1.29, 1.82) is 0 Å². The third-order valence-electron chi connectivity index (χ3n) is 0.549. The average molecular weight is 413 g/mol. The van der Waals surface area contributed by atoms with Crippen LogP contribution in [-0.2, 0) is 61.5 Å². The van der Waals surface area contributed by atoms with E-state index in [2.05, 4.69) is 0 Å². The van der Waals surface area contributed by atoms with Crippen LogP contribution in [0.5, 0.6) is 0 Å². The Morgan fingerprint density at radius 1 is 0.364 bits per heavy atom. The molecule has 0 bridgehead atoms. The van der Waals surface area contributed by atoms with Crippen molar-refractivity contribution in [3.05, 3.63) is 0 Å². The Bertz CT molecular complexity index is 279. The van der Waals surface area contributed by atoms with Gasteiger partial charge in [0.15, 0.2) is 0 Å². The van der Waals surface area contributed by atoms with Crippen LogP contribution >= 0.6 is 0 Å². The van der Waals surface area contributed by atoms with Gasteiger partial charge < -0.3 is 47.1 Å². The van der Waals surface area contributed by atoms with Gasteiger partial charge >= 0.3 is 35.8 Å². The van der Waals surface area contributed by atoms with E-state index in [0.29, 0.717) is 0 Å². The van der Waals surface area contributed by atoms with Crippen molar-refractivity contribution in [1.82, 2.24) is 0 Å². The summed E-state index contributed by atoms with van der Waals surface area (Å²) in [6.45, 7) is 0. The maximum absolute atomic E-state index is 9.10. The Balaban J connectivity index is -0.0000000281. The van der Waals surface area contributed by atoms with E-state index in [-0.39, 0.29) is 49.1 Å². The molecular formula is C6H12O15Y. The van der Waals surface area contributed by atoms with Gasteiger partial charge in [0.1, 0.15) is 0 Å². The topological polar surface area (TPSA) is 318 Å². The van der Waals surface area contributed by atoms with Gasteiger partial charge in [0.2, 0.25) is 0 Å². The van der Waals surface area contributed by atoms with Crippen LogP contribution in [0.2, 0.25) is 0 Å². The first-order valence-electron chi connectivity index (χ1n) is 3.32. The third kappa shape index (κ3) is 52.3. The molecule has 0 aliphatic carbocycles. The normalized spacial score (nSPS) is 6.00. The number of rotatable bonds is 0. The van der Waals surface area contributed by atoms with Gasteiger partial charge in [-0.1, -0.05) is 0 Å². The Labute approximate surface area is 144 Å². The fourth-order valence-electron chi connectivity index (χ4n) is 0. The van der Waals surface area contributed by atoms with Crippen molar-refractivity contribution >= 4 is 35.8 Å². The summed E-state index contributed by atoms with van der Waals surface area (Å²) in [5, 5.41) is 44.3. The van der Waals surface area contributed by atoms with E-state index >= 15 is 0 Å². The van der Waals surface area contributed by atoms with Crippen molar-refractivity contribution in [3.8, 4) is 0 Å². The molecule has 0 aliphatic rings. The molecule has 0 amide bonds. The molecule has 0 heterocycles. The van der Waals surface area contributed by atoms with Gasteiger partial charge in [-0.05, 0) is 0 Å². The minimum Gasteiger partial charge on any atom is -0.473 e. The Hall–Kier alpha value is -2.20. The molecule has 0 saturated carbocycles. The molecule has 0 atom stereocenters. The number of carboxylic acids is 6. The van der Waals surface area contributed by atoms with Crippen LogP contribution in [-0.4, -0.2) is 82.9 Å². The summed E-state index contributed by atoms with van der Waals surface area (Å²) in [5.74, 6) is -10.9. The molecule has 129 valence electrons. The maximum atomic E-state index is 9.10. The molecular weight excluding hydrogens is 401 g/mol. The molecule has 0 aliphatic heterocycles. The first-order valence-corrected chi connectivity index (χ1v) is 3.32. The number of hydrogen-bond donors (Lipinski definition) is 6. The van der Waals surface area contributed by atoms with Gasteiger partial charge in [0.05, 0.1) is 0 Å². The molecule has 0 fully saturated rings. The van der Waals surface area contributed by atoms with Crippen LogP contribution in [0.1, 0.15) is 0 Å². The first-order chi connectivity index (χ1) is 7.93. The van der Waals surface area contributed by atoms with Crippen LogP contribution < -0.4 is 0 Å². The van der Waals surface area contributed by atoms with Gasteiger partial charge in [-0.3, -0.25) is 0 Å². The Kier molecular flexibility index (Phi) is 46.3. The summed E-state index contributed by atoms with van der Waals surface area (Å²) < 4.78 is 0. The molecule has 0 unspecified atom stereocenters. The molecule has 16 heteroatoms. The average Bonchev–Trinajstić information content (AvgIpc) is 2.18. The van der Waals surface area contributed by atoms with Crippen LogP contribution in [0.3, 0.4) is 0 Å². The molecule has 15 nitrogen and oxygen atoms in total. The summed E-state index contributed by atoms with van der Waals surface area (Å²) in [6.07, 6.45) is 0. The van der Waals surface area contributed by atoms with Crippen molar-refractivity contribution in [3.63, 3.8) is 0 Å². The molecule has 0 aromatic rings. The molecule has 12 N–H and O–H groups in total. The second kappa shape index (κ2) is 23.9. The summed E-state index contributed by atoms with van der Waals surface area (Å²) >= 11 is 0. The van der Waals surface area contributed by atoms with Crippen molar-refractivity contribution in [2.45, 2.75) is 0 Å².